The molecule has 0 saturated carbocycles. The first kappa shape index (κ1) is 14.9. The number of aliphatic carboxylic acids is 1. The molecule has 0 saturated heterocycles. The summed E-state index contributed by atoms with van der Waals surface area (Å²) in [7, 11) is 0. The summed E-state index contributed by atoms with van der Waals surface area (Å²) in [5.41, 5.74) is 0.639. The van der Waals surface area contributed by atoms with Gasteiger partial charge in [0.2, 0.25) is 5.56 Å². The second-order valence-electron chi connectivity index (χ2n) is 4.29. The molecule has 3 N–H and O–H groups in total. The molecule has 0 fully saturated rings. The van der Waals surface area contributed by atoms with Gasteiger partial charge in [-0.25, -0.2) is 4.98 Å². The zero-order valence-corrected chi connectivity index (χ0v) is 11.8. The minimum absolute atomic E-state index is 0.0893. The van der Waals surface area contributed by atoms with Gasteiger partial charge >= 0.3 is 5.97 Å². The molecule has 2 aromatic heterocycles. The number of hydrogen-bond donors (Lipinski definition) is 3. The lowest BCUT2D eigenvalue weighted by atomic mass is 10.2. The molecule has 0 aliphatic rings. The maximum absolute atomic E-state index is 11.9. The first-order chi connectivity index (χ1) is 10.0. The molecule has 0 spiro atoms. The fourth-order valence-electron chi connectivity index (χ4n) is 1.66. The van der Waals surface area contributed by atoms with E-state index in [1.54, 1.807) is 5.38 Å². The molecule has 2 aromatic rings. The second kappa shape index (κ2) is 6.80. The van der Waals surface area contributed by atoms with Crippen molar-refractivity contribution >= 4 is 28.3 Å². The smallest absolute Gasteiger partial charge is 0.303 e. The number of aryl methyl sites for hydroxylation is 1. The Labute approximate surface area is 123 Å². The molecule has 0 radical (unpaired) electrons. The topological polar surface area (TPSA) is 112 Å². The van der Waals surface area contributed by atoms with Gasteiger partial charge in [0.05, 0.1) is 5.69 Å². The van der Waals surface area contributed by atoms with Crippen molar-refractivity contribution in [1.29, 1.82) is 0 Å². The Morgan fingerprint density at radius 2 is 2.24 bits per heavy atom. The number of thiazole rings is 1. The average Bonchev–Trinajstić information content (AvgIpc) is 2.86. The molecule has 2 heterocycles. The van der Waals surface area contributed by atoms with E-state index in [-0.39, 0.29) is 17.5 Å². The van der Waals surface area contributed by atoms with Gasteiger partial charge in [-0.1, -0.05) is 0 Å². The summed E-state index contributed by atoms with van der Waals surface area (Å²) in [6, 6.07) is 2.70. The summed E-state index contributed by atoms with van der Waals surface area (Å²) in [5.74, 6) is -1.25. The maximum Gasteiger partial charge on any atom is 0.303 e. The van der Waals surface area contributed by atoms with Crippen molar-refractivity contribution in [2.45, 2.75) is 19.3 Å². The van der Waals surface area contributed by atoms with Crippen LogP contribution < -0.4 is 10.9 Å². The molecular weight excluding hydrogens is 294 g/mol. The van der Waals surface area contributed by atoms with E-state index in [0.29, 0.717) is 18.0 Å². The molecule has 8 heteroatoms. The molecule has 0 atom stereocenters. The number of pyridine rings is 1. The normalized spacial score (nSPS) is 10.3. The molecule has 0 aliphatic heterocycles. The molecule has 110 valence electrons. The van der Waals surface area contributed by atoms with Crippen LogP contribution in [0.1, 0.15) is 28.9 Å². The van der Waals surface area contributed by atoms with Gasteiger partial charge in [-0.2, -0.15) is 0 Å². The van der Waals surface area contributed by atoms with Gasteiger partial charge in [0.1, 0.15) is 0 Å². The van der Waals surface area contributed by atoms with Crippen molar-refractivity contribution in [3.8, 4) is 0 Å². The number of nitrogens with zero attached hydrogens (tertiary/aromatic N) is 1. The Kier molecular flexibility index (Phi) is 4.83. The van der Waals surface area contributed by atoms with Crippen molar-refractivity contribution in [1.82, 2.24) is 9.97 Å². The number of anilines is 1. The van der Waals surface area contributed by atoms with Crippen molar-refractivity contribution in [3.63, 3.8) is 0 Å². The van der Waals surface area contributed by atoms with Crippen molar-refractivity contribution in [2.24, 2.45) is 0 Å². The Morgan fingerprint density at radius 3 is 2.95 bits per heavy atom. The van der Waals surface area contributed by atoms with E-state index in [1.807, 2.05) is 0 Å². The Morgan fingerprint density at radius 1 is 1.43 bits per heavy atom. The van der Waals surface area contributed by atoms with Crippen molar-refractivity contribution in [2.75, 3.05) is 5.32 Å². The number of carbonyl (C=O) groups is 2. The monoisotopic (exact) mass is 307 g/mol. The van der Waals surface area contributed by atoms with Crippen LogP contribution in [0.15, 0.2) is 28.5 Å². The third-order valence-electron chi connectivity index (χ3n) is 2.63. The van der Waals surface area contributed by atoms with Crippen LogP contribution >= 0.6 is 11.3 Å². The van der Waals surface area contributed by atoms with Crippen LogP contribution in [0, 0.1) is 0 Å². The van der Waals surface area contributed by atoms with Crippen LogP contribution in [0.3, 0.4) is 0 Å². The predicted octanol–water partition coefficient (Wildman–Crippen LogP) is 1.49. The van der Waals surface area contributed by atoms with Gasteiger partial charge < -0.3 is 10.1 Å². The third-order valence-corrected chi connectivity index (χ3v) is 3.44. The summed E-state index contributed by atoms with van der Waals surface area (Å²) >= 11 is 1.26. The van der Waals surface area contributed by atoms with E-state index in [9.17, 15) is 14.4 Å². The van der Waals surface area contributed by atoms with E-state index < -0.39 is 11.9 Å². The number of aromatic amines is 1. The van der Waals surface area contributed by atoms with Crippen LogP contribution in [-0.4, -0.2) is 27.0 Å². The molecule has 0 bridgehead atoms. The molecule has 2 rings (SSSR count). The SMILES string of the molecule is O=C(O)CCCc1csc(NC(=O)c2cc[nH]c(=O)c2)n1. The number of rotatable bonds is 6. The fraction of sp³-hybridized carbons (Fsp3) is 0.231. The average molecular weight is 307 g/mol. The lowest BCUT2D eigenvalue weighted by Gasteiger charge is -2.00. The van der Waals surface area contributed by atoms with Gasteiger partial charge in [-0.3, -0.25) is 19.7 Å². The highest BCUT2D eigenvalue weighted by atomic mass is 32.1. The summed E-state index contributed by atoms with van der Waals surface area (Å²) in [6.07, 6.45) is 2.53. The fourth-order valence-corrected chi connectivity index (χ4v) is 2.39. The quantitative estimate of drug-likeness (QED) is 0.748. The zero-order chi connectivity index (χ0) is 15.2. The van der Waals surface area contributed by atoms with Gasteiger partial charge in [-0.05, 0) is 18.9 Å². The van der Waals surface area contributed by atoms with Gasteiger partial charge in [0, 0.05) is 29.6 Å². The number of carbonyl (C=O) groups excluding carboxylic acids is 1. The van der Waals surface area contributed by atoms with E-state index in [4.69, 9.17) is 5.11 Å². The standard InChI is InChI=1S/C13H13N3O4S/c17-10-6-8(4-5-14-10)12(20)16-13-15-9(7-21-13)2-1-3-11(18)19/h4-7H,1-3H2,(H,14,17)(H,18,19)(H,15,16,20). The largest absolute Gasteiger partial charge is 0.481 e. The summed E-state index contributed by atoms with van der Waals surface area (Å²) in [4.78, 5) is 40.1. The molecule has 0 aromatic carbocycles. The Hall–Kier alpha value is -2.48. The molecule has 0 unspecified atom stereocenters. The third kappa shape index (κ3) is 4.53. The van der Waals surface area contributed by atoms with Crippen LogP contribution in [0.25, 0.3) is 0 Å². The van der Waals surface area contributed by atoms with E-state index in [2.05, 4.69) is 15.3 Å². The summed E-state index contributed by atoms with van der Waals surface area (Å²) in [5, 5.41) is 13.4. The summed E-state index contributed by atoms with van der Waals surface area (Å²) < 4.78 is 0. The van der Waals surface area contributed by atoms with E-state index in [0.717, 1.165) is 5.69 Å². The zero-order valence-electron chi connectivity index (χ0n) is 11.0. The maximum atomic E-state index is 11.9. The molecule has 0 aliphatic carbocycles. The highest BCUT2D eigenvalue weighted by Gasteiger charge is 2.09. The highest BCUT2D eigenvalue weighted by Crippen LogP contribution is 2.17. The van der Waals surface area contributed by atoms with E-state index >= 15 is 0 Å². The number of carboxylic acid groups (broad SMARTS) is 1. The second-order valence-corrected chi connectivity index (χ2v) is 5.15. The number of hydrogen-bond acceptors (Lipinski definition) is 5. The van der Waals surface area contributed by atoms with E-state index in [1.165, 1.54) is 29.7 Å². The lowest BCUT2D eigenvalue weighted by molar-refractivity contribution is -0.137. The van der Waals surface area contributed by atoms with Crippen LogP contribution in [0.2, 0.25) is 0 Å². The lowest BCUT2D eigenvalue weighted by Crippen LogP contribution is -2.15. The first-order valence-electron chi connectivity index (χ1n) is 6.21. The number of carboxylic acids is 1. The number of nitrogens with one attached hydrogen (secondary N) is 2. The predicted molar refractivity (Wildman–Crippen MR) is 77.7 cm³/mol. The molecular formula is C13H13N3O4S. The molecule has 7 nitrogen and oxygen atoms in total. The van der Waals surface area contributed by atoms with Crippen molar-refractivity contribution in [3.05, 3.63) is 45.3 Å². The van der Waals surface area contributed by atoms with Crippen molar-refractivity contribution < 1.29 is 14.7 Å². The van der Waals surface area contributed by atoms with Gasteiger partial charge in [0.25, 0.3) is 5.91 Å². The Balaban J connectivity index is 1.94. The Bertz CT molecular complexity index is 707. The van der Waals surface area contributed by atoms with Crippen LogP contribution in [-0.2, 0) is 11.2 Å². The highest BCUT2D eigenvalue weighted by molar-refractivity contribution is 7.13. The summed E-state index contributed by atoms with van der Waals surface area (Å²) in [6.45, 7) is 0. The van der Waals surface area contributed by atoms with Crippen LogP contribution in [0.5, 0.6) is 0 Å². The van der Waals surface area contributed by atoms with Gasteiger partial charge in [0.15, 0.2) is 5.13 Å². The molecule has 21 heavy (non-hydrogen) atoms. The number of amides is 1. The minimum atomic E-state index is -0.840. The van der Waals surface area contributed by atoms with Gasteiger partial charge in [-0.15, -0.1) is 11.3 Å². The first-order valence-corrected chi connectivity index (χ1v) is 7.09. The minimum Gasteiger partial charge on any atom is -0.481 e. The van der Waals surface area contributed by atoms with Crippen LogP contribution in [0.4, 0.5) is 5.13 Å². The number of aromatic nitrogens is 2. The number of H-pyrrole nitrogens is 1. The molecule has 1 amide bonds.